The monoisotopic (exact) mass is 349 g/mol. The van der Waals surface area contributed by atoms with Gasteiger partial charge in [0.05, 0.1) is 6.26 Å². The molecule has 1 aliphatic heterocycles. The normalized spacial score (nSPS) is 18.9. The topological polar surface area (TPSA) is 82.3 Å². The molecular weight excluding hydrogens is 326 g/mol. The van der Waals surface area contributed by atoms with E-state index in [2.05, 4.69) is 9.71 Å². The van der Waals surface area contributed by atoms with Gasteiger partial charge in [0.1, 0.15) is 5.69 Å². The summed E-state index contributed by atoms with van der Waals surface area (Å²) in [5, 5.41) is 1.01. The summed E-state index contributed by atoms with van der Waals surface area (Å²) in [4.78, 5) is 17.9. The molecule has 1 aromatic heterocycles. The van der Waals surface area contributed by atoms with Gasteiger partial charge in [-0.3, -0.25) is 4.79 Å². The third kappa shape index (κ3) is 3.79. The lowest BCUT2D eigenvalue weighted by molar-refractivity contribution is 0.0613. The standard InChI is InChI=1S/C17H23N3O3S/c1-12-6-7-13-10-16(19-15(13)9-12)17(21)20-8-4-3-5-14(20)11-18-24(2,22)23/h6-7,9-10,14,18-19H,3-5,8,11H2,1-2H3. The minimum absolute atomic E-state index is 0.0659. The summed E-state index contributed by atoms with van der Waals surface area (Å²) in [6.07, 6.45) is 3.90. The molecule has 1 unspecified atom stereocenters. The molecule has 0 spiro atoms. The molecular formula is C17H23N3O3S. The number of carbonyl (C=O) groups is 1. The lowest BCUT2D eigenvalue weighted by atomic mass is 10.0. The highest BCUT2D eigenvalue weighted by Crippen LogP contribution is 2.22. The number of aryl methyl sites for hydroxylation is 1. The number of hydrogen-bond donors (Lipinski definition) is 2. The summed E-state index contributed by atoms with van der Waals surface area (Å²) < 4.78 is 25.2. The van der Waals surface area contributed by atoms with Crippen LogP contribution < -0.4 is 4.72 Å². The summed E-state index contributed by atoms with van der Waals surface area (Å²) >= 11 is 0. The molecule has 1 amide bonds. The molecule has 1 saturated heterocycles. The van der Waals surface area contributed by atoms with Crippen LogP contribution in [0.25, 0.3) is 10.9 Å². The molecule has 6 nitrogen and oxygen atoms in total. The molecule has 3 rings (SSSR count). The molecule has 7 heteroatoms. The Kier molecular flexibility index (Phi) is 4.64. The summed E-state index contributed by atoms with van der Waals surface area (Å²) in [7, 11) is -3.26. The fourth-order valence-electron chi connectivity index (χ4n) is 3.24. The minimum atomic E-state index is -3.26. The number of hydrogen-bond acceptors (Lipinski definition) is 3. The first-order chi connectivity index (χ1) is 11.3. The van der Waals surface area contributed by atoms with Crippen molar-refractivity contribution >= 4 is 26.8 Å². The molecule has 2 heterocycles. The van der Waals surface area contributed by atoms with Gasteiger partial charge in [-0.1, -0.05) is 12.1 Å². The van der Waals surface area contributed by atoms with Gasteiger partial charge in [-0.05, 0) is 43.9 Å². The van der Waals surface area contributed by atoms with Crippen LogP contribution >= 0.6 is 0 Å². The van der Waals surface area contributed by atoms with E-state index in [1.165, 1.54) is 0 Å². The maximum absolute atomic E-state index is 12.9. The van der Waals surface area contributed by atoms with Gasteiger partial charge in [0.2, 0.25) is 10.0 Å². The number of nitrogens with zero attached hydrogens (tertiary/aromatic N) is 1. The largest absolute Gasteiger partial charge is 0.351 e. The van der Waals surface area contributed by atoms with E-state index in [9.17, 15) is 13.2 Å². The van der Waals surface area contributed by atoms with Crippen molar-refractivity contribution in [2.24, 2.45) is 0 Å². The fourth-order valence-corrected chi connectivity index (χ4v) is 3.73. The Hall–Kier alpha value is -1.86. The number of nitrogens with one attached hydrogen (secondary N) is 2. The predicted molar refractivity (Wildman–Crippen MR) is 94.6 cm³/mol. The van der Waals surface area contributed by atoms with Crippen molar-refractivity contribution < 1.29 is 13.2 Å². The average molecular weight is 349 g/mol. The van der Waals surface area contributed by atoms with Gasteiger partial charge in [-0.25, -0.2) is 13.1 Å². The number of H-pyrrole nitrogens is 1. The van der Waals surface area contributed by atoms with Gasteiger partial charge in [0.25, 0.3) is 5.91 Å². The first-order valence-corrected chi connectivity index (χ1v) is 10.1. The molecule has 0 bridgehead atoms. The van der Waals surface area contributed by atoms with Crippen LogP contribution in [0.3, 0.4) is 0 Å². The van der Waals surface area contributed by atoms with Crippen LogP contribution in [0.1, 0.15) is 35.3 Å². The van der Waals surface area contributed by atoms with E-state index in [-0.39, 0.29) is 18.5 Å². The minimum Gasteiger partial charge on any atom is -0.351 e. The average Bonchev–Trinajstić information content (AvgIpc) is 2.95. The van der Waals surface area contributed by atoms with Crippen LogP contribution in [0.15, 0.2) is 24.3 Å². The number of piperidine rings is 1. The van der Waals surface area contributed by atoms with Crippen molar-refractivity contribution in [3.8, 4) is 0 Å². The van der Waals surface area contributed by atoms with E-state index in [1.54, 1.807) is 4.90 Å². The number of amides is 1. The maximum Gasteiger partial charge on any atom is 0.270 e. The van der Waals surface area contributed by atoms with Crippen LogP contribution in [-0.4, -0.2) is 49.6 Å². The number of sulfonamides is 1. The van der Waals surface area contributed by atoms with Crippen molar-refractivity contribution in [3.05, 3.63) is 35.5 Å². The number of likely N-dealkylation sites (tertiary alicyclic amines) is 1. The van der Waals surface area contributed by atoms with Crippen LogP contribution in [0.2, 0.25) is 0 Å². The predicted octanol–water partition coefficient (Wildman–Crippen LogP) is 2.02. The van der Waals surface area contributed by atoms with Crippen LogP contribution in [0.5, 0.6) is 0 Å². The first kappa shape index (κ1) is 17.0. The number of aromatic nitrogens is 1. The second-order valence-electron chi connectivity index (χ2n) is 6.54. The van der Waals surface area contributed by atoms with Crippen LogP contribution in [0, 0.1) is 6.92 Å². The molecule has 1 atom stereocenters. The van der Waals surface area contributed by atoms with Crippen molar-refractivity contribution in [2.45, 2.75) is 32.2 Å². The lowest BCUT2D eigenvalue weighted by Gasteiger charge is -2.35. The number of fused-ring (bicyclic) bond motifs is 1. The molecule has 1 aliphatic rings. The van der Waals surface area contributed by atoms with E-state index in [1.807, 2.05) is 31.2 Å². The second kappa shape index (κ2) is 6.57. The van der Waals surface area contributed by atoms with E-state index in [0.29, 0.717) is 12.2 Å². The van der Waals surface area contributed by atoms with Gasteiger partial charge in [0, 0.05) is 30.0 Å². The molecule has 24 heavy (non-hydrogen) atoms. The van der Waals surface area contributed by atoms with Gasteiger partial charge in [-0.2, -0.15) is 0 Å². The molecule has 0 aliphatic carbocycles. The zero-order valence-corrected chi connectivity index (χ0v) is 14.8. The third-order valence-electron chi connectivity index (χ3n) is 4.48. The third-order valence-corrected chi connectivity index (χ3v) is 5.17. The van der Waals surface area contributed by atoms with Crippen molar-refractivity contribution in [1.82, 2.24) is 14.6 Å². The zero-order chi connectivity index (χ0) is 17.3. The van der Waals surface area contributed by atoms with Gasteiger partial charge >= 0.3 is 0 Å². The first-order valence-electron chi connectivity index (χ1n) is 8.18. The smallest absolute Gasteiger partial charge is 0.270 e. The number of rotatable bonds is 4. The Morgan fingerprint density at radius 1 is 1.33 bits per heavy atom. The molecule has 1 aromatic carbocycles. The van der Waals surface area contributed by atoms with Gasteiger partial charge < -0.3 is 9.88 Å². The van der Waals surface area contributed by atoms with Crippen LogP contribution in [-0.2, 0) is 10.0 Å². The summed E-state index contributed by atoms with van der Waals surface area (Å²) in [6, 6.07) is 7.80. The maximum atomic E-state index is 12.9. The Morgan fingerprint density at radius 2 is 2.12 bits per heavy atom. The highest BCUT2D eigenvalue weighted by molar-refractivity contribution is 7.88. The highest BCUT2D eigenvalue weighted by atomic mass is 32.2. The Bertz CT molecular complexity index is 857. The van der Waals surface area contributed by atoms with Crippen molar-refractivity contribution in [2.75, 3.05) is 19.3 Å². The summed E-state index contributed by atoms with van der Waals surface area (Å²) in [5.74, 6) is -0.0659. The number of carbonyl (C=O) groups excluding carboxylic acids is 1. The summed E-state index contributed by atoms with van der Waals surface area (Å²) in [5.41, 5.74) is 2.64. The van der Waals surface area contributed by atoms with Crippen molar-refractivity contribution in [3.63, 3.8) is 0 Å². The molecule has 1 fully saturated rings. The molecule has 0 radical (unpaired) electrons. The van der Waals surface area contributed by atoms with E-state index in [0.717, 1.165) is 42.0 Å². The summed E-state index contributed by atoms with van der Waals surface area (Å²) in [6.45, 7) is 2.94. The van der Waals surface area contributed by atoms with E-state index in [4.69, 9.17) is 0 Å². The quantitative estimate of drug-likeness (QED) is 0.886. The Morgan fingerprint density at radius 3 is 2.88 bits per heavy atom. The molecule has 130 valence electrons. The molecule has 2 aromatic rings. The van der Waals surface area contributed by atoms with E-state index >= 15 is 0 Å². The van der Waals surface area contributed by atoms with Gasteiger partial charge in [-0.15, -0.1) is 0 Å². The molecule has 2 N–H and O–H groups in total. The Labute approximate surface area is 142 Å². The fraction of sp³-hybridized carbons (Fsp3) is 0.471. The van der Waals surface area contributed by atoms with Crippen molar-refractivity contribution in [1.29, 1.82) is 0 Å². The molecule has 0 saturated carbocycles. The second-order valence-corrected chi connectivity index (χ2v) is 8.38. The van der Waals surface area contributed by atoms with E-state index < -0.39 is 10.0 Å². The number of aromatic amines is 1. The van der Waals surface area contributed by atoms with Gasteiger partial charge in [0.15, 0.2) is 0 Å². The van der Waals surface area contributed by atoms with Crippen LogP contribution in [0.4, 0.5) is 0 Å². The lowest BCUT2D eigenvalue weighted by Crippen LogP contribution is -2.49. The number of benzene rings is 1. The SMILES string of the molecule is Cc1ccc2cc(C(=O)N3CCCCC3CNS(C)(=O)=O)[nH]c2c1. The zero-order valence-electron chi connectivity index (χ0n) is 14.0. The Balaban J connectivity index is 1.82. The highest BCUT2D eigenvalue weighted by Gasteiger charge is 2.28.